The van der Waals surface area contributed by atoms with E-state index in [2.05, 4.69) is 17.6 Å². The summed E-state index contributed by atoms with van der Waals surface area (Å²) in [5.74, 6) is -10.9. The van der Waals surface area contributed by atoms with Crippen molar-refractivity contribution in [1.82, 2.24) is 10.6 Å². The third kappa shape index (κ3) is 48.3. The SMILES string of the molecule is CCCCCCCCC(O)CNCCCNCCCCN.O=C(O)C(=O)O.O=C(O)C(=O)O.O=C(O)C(=O)O. The molecule has 0 aliphatic rings. The molecule has 16 nitrogen and oxygen atoms in total. The minimum Gasteiger partial charge on any atom is -0.473 e. The summed E-state index contributed by atoms with van der Waals surface area (Å²) in [4.78, 5) is 54.6. The van der Waals surface area contributed by atoms with Gasteiger partial charge in [0, 0.05) is 6.54 Å². The second kappa shape index (κ2) is 32.7. The average Bonchev–Trinajstić information content (AvgIpc) is 2.86. The molecule has 1 unspecified atom stereocenters. The maximum absolute atomic E-state index is 9.86. The van der Waals surface area contributed by atoms with Crippen LogP contribution in [0.4, 0.5) is 0 Å². The lowest BCUT2D eigenvalue weighted by Crippen LogP contribution is -2.29. The van der Waals surface area contributed by atoms with Gasteiger partial charge in [0.2, 0.25) is 0 Å². The molecule has 0 aromatic rings. The normalized spacial score (nSPS) is 10.2. The molecule has 230 valence electrons. The first-order valence-electron chi connectivity index (χ1n) is 12.4. The lowest BCUT2D eigenvalue weighted by Gasteiger charge is -2.12. The summed E-state index contributed by atoms with van der Waals surface area (Å²) >= 11 is 0. The zero-order chi connectivity index (χ0) is 31.1. The predicted molar refractivity (Wildman–Crippen MR) is 138 cm³/mol. The number of hydrogen-bond donors (Lipinski definition) is 10. The van der Waals surface area contributed by atoms with Crippen LogP contribution >= 0.6 is 0 Å². The molecule has 0 bridgehead atoms. The van der Waals surface area contributed by atoms with Gasteiger partial charge in [-0.2, -0.15) is 0 Å². The molecule has 0 fully saturated rings. The molecule has 0 heterocycles. The Balaban J connectivity index is -0.000000274. The number of rotatable bonds is 17. The predicted octanol–water partition coefficient (Wildman–Crippen LogP) is -0.127. The minimum absolute atomic E-state index is 0.173. The molecule has 0 radical (unpaired) electrons. The Labute approximate surface area is 227 Å². The molecular formula is C23H45N3O13. The minimum atomic E-state index is -1.82. The number of aliphatic hydroxyl groups is 1. The van der Waals surface area contributed by atoms with Crippen LogP contribution in [0, 0.1) is 0 Å². The zero-order valence-electron chi connectivity index (χ0n) is 22.3. The second-order valence-corrected chi connectivity index (χ2v) is 7.84. The third-order valence-corrected chi connectivity index (χ3v) is 4.33. The van der Waals surface area contributed by atoms with Gasteiger partial charge in [0.15, 0.2) is 0 Å². The Bertz CT molecular complexity index is 583. The highest BCUT2D eigenvalue weighted by atomic mass is 16.5. The first-order valence-corrected chi connectivity index (χ1v) is 12.4. The number of aliphatic carboxylic acids is 6. The topological polar surface area (TPSA) is 294 Å². The van der Waals surface area contributed by atoms with Crippen molar-refractivity contribution in [2.45, 2.75) is 77.2 Å². The molecule has 0 aliphatic heterocycles. The maximum atomic E-state index is 9.86. The van der Waals surface area contributed by atoms with Crippen molar-refractivity contribution >= 4 is 35.8 Å². The molecule has 0 saturated heterocycles. The summed E-state index contributed by atoms with van der Waals surface area (Å²) in [5.41, 5.74) is 5.44. The van der Waals surface area contributed by atoms with Crippen LogP contribution in [0.3, 0.4) is 0 Å². The second-order valence-electron chi connectivity index (χ2n) is 7.84. The van der Waals surface area contributed by atoms with Crippen molar-refractivity contribution in [3.05, 3.63) is 0 Å². The molecule has 0 rings (SSSR count). The molecule has 16 heteroatoms. The molecule has 39 heavy (non-hydrogen) atoms. The zero-order valence-corrected chi connectivity index (χ0v) is 22.3. The fourth-order valence-electron chi connectivity index (χ4n) is 2.39. The van der Waals surface area contributed by atoms with Crippen molar-refractivity contribution in [1.29, 1.82) is 0 Å². The van der Waals surface area contributed by atoms with E-state index in [1.165, 1.54) is 38.5 Å². The van der Waals surface area contributed by atoms with E-state index in [9.17, 15) is 5.11 Å². The molecule has 11 N–H and O–H groups in total. The van der Waals surface area contributed by atoms with E-state index in [0.717, 1.165) is 58.4 Å². The summed E-state index contributed by atoms with van der Waals surface area (Å²) < 4.78 is 0. The van der Waals surface area contributed by atoms with E-state index in [-0.39, 0.29) is 6.10 Å². The monoisotopic (exact) mass is 571 g/mol. The summed E-state index contributed by atoms with van der Waals surface area (Å²) in [5, 5.41) is 61.0. The molecule has 0 aliphatic carbocycles. The maximum Gasteiger partial charge on any atom is 0.414 e. The number of unbranched alkanes of at least 4 members (excludes halogenated alkanes) is 6. The van der Waals surface area contributed by atoms with Gasteiger partial charge in [0.25, 0.3) is 0 Å². The highest BCUT2D eigenvalue weighted by Gasteiger charge is 2.05. The van der Waals surface area contributed by atoms with Crippen molar-refractivity contribution in [2.24, 2.45) is 5.73 Å². The van der Waals surface area contributed by atoms with E-state index < -0.39 is 35.8 Å². The van der Waals surface area contributed by atoms with Crippen LogP contribution in [0.1, 0.15) is 71.1 Å². The van der Waals surface area contributed by atoms with Crippen LogP contribution in [0.15, 0.2) is 0 Å². The summed E-state index contributed by atoms with van der Waals surface area (Å²) in [6.45, 7) is 6.87. The van der Waals surface area contributed by atoms with Crippen LogP contribution < -0.4 is 16.4 Å². The number of aliphatic hydroxyl groups excluding tert-OH is 1. The Morgan fingerprint density at radius 1 is 0.564 bits per heavy atom. The Morgan fingerprint density at radius 3 is 1.36 bits per heavy atom. The highest BCUT2D eigenvalue weighted by Crippen LogP contribution is 2.08. The molecule has 0 aromatic carbocycles. The van der Waals surface area contributed by atoms with Crippen LogP contribution in [0.5, 0.6) is 0 Å². The quantitative estimate of drug-likeness (QED) is 0.0803. The summed E-state index contributed by atoms with van der Waals surface area (Å²) in [6, 6.07) is 0. The fourth-order valence-corrected chi connectivity index (χ4v) is 2.39. The van der Waals surface area contributed by atoms with Crippen LogP contribution in [-0.4, -0.2) is 110 Å². The number of carbonyl (C=O) groups is 6. The van der Waals surface area contributed by atoms with Gasteiger partial charge < -0.3 is 52.1 Å². The molecule has 0 saturated carbocycles. The molecule has 1 atom stereocenters. The van der Waals surface area contributed by atoms with Gasteiger partial charge in [-0.05, 0) is 51.9 Å². The van der Waals surface area contributed by atoms with Crippen molar-refractivity contribution in [2.75, 3.05) is 32.7 Å². The largest absolute Gasteiger partial charge is 0.473 e. The first-order chi connectivity index (χ1) is 18.2. The number of hydrogen-bond acceptors (Lipinski definition) is 10. The Morgan fingerprint density at radius 2 is 0.949 bits per heavy atom. The number of carboxylic acid groups (broad SMARTS) is 6. The van der Waals surface area contributed by atoms with Crippen LogP contribution in [0.2, 0.25) is 0 Å². The standard InChI is InChI=1S/C17H39N3O.3C2H2O4/c1-2-3-4-5-6-7-11-17(21)16-20-15-10-14-19-13-9-8-12-18;3*3-1(4)2(5)6/h17,19-21H,2-16,18H2,1H3;3*(H,3,4)(H,5,6). The molecule has 0 spiro atoms. The number of nitrogens with one attached hydrogen (secondary N) is 2. The summed E-state index contributed by atoms with van der Waals surface area (Å²) in [6.07, 6.45) is 11.9. The first kappa shape index (κ1) is 42.7. The van der Waals surface area contributed by atoms with E-state index >= 15 is 0 Å². The van der Waals surface area contributed by atoms with Gasteiger partial charge in [-0.1, -0.05) is 45.4 Å². The number of nitrogens with two attached hydrogens (primary N) is 1. The van der Waals surface area contributed by atoms with Crippen LogP contribution in [-0.2, 0) is 28.8 Å². The molecule has 0 amide bonds. The van der Waals surface area contributed by atoms with E-state index in [0.29, 0.717) is 0 Å². The molecular weight excluding hydrogens is 526 g/mol. The van der Waals surface area contributed by atoms with Gasteiger partial charge in [-0.15, -0.1) is 0 Å². The smallest absolute Gasteiger partial charge is 0.414 e. The van der Waals surface area contributed by atoms with Gasteiger partial charge in [-0.25, -0.2) is 28.8 Å². The fraction of sp³-hybridized carbons (Fsp3) is 0.739. The molecule has 0 aromatic heterocycles. The number of carboxylic acids is 6. The van der Waals surface area contributed by atoms with Crippen molar-refractivity contribution in [3.63, 3.8) is 0 Å². The van der Waals surface area contributed by atoms with E-state index in [1.54, 1.807) is 0 Å². The third-order valence-electron chi connectivity index (χ3n) is 4.33. The highest BCUT2D eigenvalue weighted by molar-refractivity contribution is 6.28. The Kier molecular flexibility index (Phi) is 35.8. The average molecular weight is 572 g/mol. The lowest BCUT2D eigenvalue weighted by atomic mass is 10.1. The van der Waals surface area contributed by atoms with E-state index in [4.69, 9.17) is 65.1 Å². The van der Waals surface area contributed by atoms with Gasteiger partial charge in [0.05, 0.1) is 6.10 Å². The van der Waals surface area contributed by atoms with Gasteiger partial charge in [-0.3, -0.25) is 0 Å². The van der Waals surface area contributed by atoms with Gasteiger partial charge in [0.1, 0.15) is 0 Å². The van der Waals surface area contributed by atoms with Crippen molar-refractivity contribution in [3.8, 4) is 0 Å². The summed E-state index contributed by atoms with van der Waals surface area (Å²) in [7, 11) is 0. The Hall–Kier alpha value is -3.34. The van der Waals surface area contributed by atoms with Gasteiger partial charge >= 0.3 is 35.8 Å². The van der Waals surface area contributed by atoms with Crippen LogP contribution in [0.25, 0.3) is 0 Å². The lowest BCUT2D eigenvalue weighted by molar-refractivity contribution is -0.159. The van der Waals surface area contributed by atoms with E-state index in [1.807, 2.05) is 0 Å². The van der Waals surface area contributed by atoms with Crippen molar-refractivity contribution < 1.29 is 64.5 Å².